The minimum Gasteiger partial charge on any atom is -0.492 e. The molecule has 2 aliphatic rings. The smallest absolute Gasteiger partial charge is 0.255 e. The van der Waals surface area contributed by atoms with E-state index in [1.165, 1.54) is 13.3 Å². The van der Waals surface area contributed by atoms with Crippen LogP contribution in [0.2, 0.25) is 0 Å². The summed E-state index contributed by atoms with van der Waals surface area (Å²) in [4.78, 5) is 26.1. The number of piperidine rings is 1. The number of fused-ring (bicyclic) bond motifs is 1. The number of hydrogen-bond donors (Lipinski definition) is 0. The maximum absolute atomic E-state index is 13.1. The number of ether oxygens (including phenoxy) is 2. The van der Waals surface area contributed by atoms with Gasteiger partial charge >= 0.3 is 0 Å². The minimum absolute atomic E-state index is 0.0155. The van der Waals surface area contributed by atoms with Crippen LogP contribution in [0.4, 0.5) is 5.82 Å². The summed E-state index contributed by atoms with van der Waals surface area (Å²) in [5.74, 6) is 1.81. The van der Waals surface area contributed by atoms with E-state index in [0.29, 0.717) is 23.5 Å². The zero-order chi connectivity index (χ0) is 27.6. The zero-order valence-corrected chi connectivity index (χ0v) is 22.4. The molecule has 10 heteroatoms. The van der Waals surface area contributed by atoms with Crippen molar-refractivity contribution in [2.24, 2.45) is 4.99 Å². The Labute approximate surface area is 227 Å². The first-order chi connectivity index (χ1) is 18.9. The molecule has 2 aliphatic heterocycles. The Kier molecular flexibility index (Phi) is 7.07. The van der Waals surface area contributed by atoms with Crippen molar-refractivity contribution in [2.45, 2.75) is 32.2 Å². The Morgan fingerprint density at radius 1 is 1.31 bits per heavy atom. The van der Waals surface area contributed by atoms with E-state index >= 15 is 0 Å². The molecule has 3 aromatic rings. The first kappa shape index (κ1) is 26.0. The molecule has 0 saturated carbocycles. The molecule has 0 radical (unpaired) electrons. The van der Waals surface area contributed by atoms with Crippen LogP contribution in [0.3, 0.4) is 0 Å². The van der Waals surface area contributed by atoms with Gasteiger partial charge in [-0.05, 0) is 51.5 Å². The summed E-state index contributed by atoms with van der Waals surface area (Å²) < 4.78 is 12.4. The lowest BCUT2D eigenvalue weighted by Crippen LogP contribution is -2.41. The minimum atomic E-state index is -0.102. The van der Waals surface area contributed by atoms with E-state index in [4.69, 9.17) is 14.5 Å². The molecule has 0 aliphatic carbocycles. The van der Waals surface area contributed by atoms with E-state index in [0.717, 1.165) is 54.9 Å². The van der Waals surface area contributed by atoms with Gasteiger partial charge in [0.05, 0.1) is 48.3 Å². The first-order valence-corrected chi connectivity index (χ1v) is 12.9. The third-order valence-electron chi connectivity index (χ3n) is 7.40. The second-order valence-corrected chi connectivity index (χ2v) is 9.59. The van der Waals surface area contributed by atoms with Crippen molar-refractivity contribution < 1.29 is 14.3 Å². The Balaban J connectivity index is 1.28. The van der Waals surface area contributed by atoms with Gasteiger partial charge in [0.25, 0.3) is 5.91 Å². The van der Waals surface area contributed by atoms with Gasteiger partial charge < -0.3 is 19.3 Å². The lowest BCUT2D eigenvalue weighted by atomic mass is 9.96. The van der Waals surface area contributed by atoms with Gasteiger partial charge in [0.2, 0.25) is 5.88 Å². The molecule has 0 bridgehead atoms. The molecule has 39 heavy (non-hydrogen) atoms. The SMILES string of the molecule is C=C(/N=C\C(=C/C)C(=O)N1CC12CCN(c1ccc(-c3cc(OCC)cn4ncc(C#N)c34)cn1)CC2)OC. The van der Waals surface area contributed by atoms with Gasteiger partial charge in [0, 0.05) is 43.2 Å². The fourth-order valence-electron chi connectivity index (χ4n) is 5.11. The van der Waals surface area contributed by atoms with Gasteiger partial charge in [-0.1, -0.05) is 6.08 Å². The molecule has 2 saturated heterocycles. The molecule has 0 unspecified atom stereocenters. The number of aromatic nitrogens is 3. The van der Waals surface area contributed by atoms with Crippen molar-refractivity contribution in [1.82, 2.24) is 19.5 Å². The van der Waals surface area contributed by atoms with Gasteiger partial charge in [-0.25, -0.2) is 14.5 Å². The highest BCUT2D eigenvalue weighted by Gasteiger charge is 2.56. The number of allylic oxidation sites excluding steroid dienone is 1. The van der Waals surface area contributed by atoms with Crippen molar-refractivity contribution in [1.29, 1.82) is 5.26 Å². The number of carbonyl (C=O) groups is 1. The molecule has 5 rings (SSSR count). The van der Waals surface area contributed by atoms with E-state index in [-0.39, 0.29) is 17.3 Å². The van der Waals surface area contributed by atoms with Crippen LogP contribution in [0.1, 0.15) is 32.3 Å². The third-order valence-corrected chi connectivity index (χ3v) is 7.40. The summed E-state index contributed by atoms with van der Waals surface area (Å²) in [6.45, 7) is 10.3. The molecule has 0 N–H and O–H groups in total. The second-order valence-electron chi connectivity index (χ2n) is 9.59. The number of hydrogen-bond acceptors (Lipinski definition) is 8. The summed E-state index contributed by atoms with van der Waals surface area (Å²) in [5, 5.41) is 13.9. The number of nitrogens with zero attached hydrogens (tertiary/aromatic N) is 7. The van der Waals surface area contributed by atoms with E-state index < -0.39 is 0 Å². The lowest BCUT2D eigenvalue weighted by Gasteiger charge is -2.33. The van der Waals surface area contributed by atoms with Crippen LogP contribution in [0.5, 0.6) is 5.75 Å². The molecule has 1 spiro atoms. The van der Waals surface area contributed by atoms with Crippen molar-refractivity contribution in [3.05, 3.63) is 66.5 Å². The summed E-state index contributed by atoms with van der Waals surface area (Å²) >= 11 is 0. The maximum Gasteiger partial charge on any atom is 0.255 e. The number of amides is 1. The number of methoxy groups -OCH3 is 1. The second kappa shape index (κ2) is 10.6. The number of anilines is 1. The summed E-state index contributed by atoms with van der Waals surface area (Å²) in [5.41, 5.74) is 3.38. The van der Waals surface area contributed by atoms with Gasteiger partial charge in [0.15, 0.2) is 0 Å². The normalized spacial score (nSPS) is 16.5. The van der Waals surface area contributed by atoms with Crippen molar-refractivity contribution in [2.75, 3.05) is 38.3 Å². The predicted molar refractivity (Wildman–Crippen MR) is 149 cm³/mol. The molecular formula is C29H31N7O3. The molecule has 1 amide bonds. The number of carbonyl (C=O) groups excluding carboxylic acids is 1. The fourth-order valence-corrected chi connectivity index (χ4v) is 5.11. The molecule has 0 atom stereocenters. The van der Waals surface area contributed by atoms with Crippen molar-refractivity contribution >= 4 is 23.5 Å². The quantitative estimate of drug-likeness (QED) is 0.189. The molecule has 200 valence electrons. The Morgan fingerprint density at radius 2 is 2.10 bits per heavy atom. The van der Waals surface area contributed by atoms with Crippen LogP contribution in [0.25, 0.3) is 16.6 Å². The lowest BCUT2D eigenvalue weighted by molar-refractivity contribution is -0.122. The zero-order valence-electron chi connectivity index (χ0n) is 22.4. The first-order valence-electron chi connectivity index (χ1n) is 12.9. The largest absolute Gasteiger partial charge is 0.492 e. The molecule has 0 aromatic carbocycles. The summed E-state index contributed by atoms with van der Waals surface area (Å²) in [7, 11) is 1.50. The molecule has 5 heterocycles. The fraction of sp³-hybridized carbons (Fsp3) is 0.345. The summed E-state index contributed by atoms with van der Waals surface area (Å²) in [6, 6.07) is 8.18. The third kappa shape index (κ3) is 4.95. The van der Waals surface area contributed by atoms with Crippen molar-refractivity contribution in [3.8, 4) is 22.9 Å². The number of pyridine rings is 2. The molecule has 3 aromatic heterocycles. The van der Waals surface area contributed by atoms with E-state index in [9.17, 15) is 10.1 Å². The van der Waals surface area contributed by atoms with Gasteiger partial charge in [0.1, 0.15) is 17.6 Å². The van der Waals surface area contributed by atoms with Crippen LogP contribution >= 0.6 is 0 Å². The highest BCUT2D eigenvalue weighted by molar-refractivity contribution is 6.13. The summed E-state index contributed by atoms with van der Waals surface area (Å²) in [6.07, 6.45) is 10.2. The molecule has 2 fully saturated rings. The van der Waals surface area contributed by atoms with Crippen LogP contribution in [0, 0.1) is 11.3 Å². The van der Waals surface area contributed by atoms with Gasteiger partial charge in [-0.3, -0.25) is 4.79 Å². The van der Waals surface area contributed by atoms with Crippen LogP contribution in [0.15, 0.2) is 65.9 Å². The topological polar surface area (TPSA) is 108 Å². The van der Waals surface area contributed by atoms with Crippen LogP contribution in [-0.4, -0.2) is 70.5 Å². The van der Waals surface area contributed by atoms with Gasteiger partial charge in [-0.2, -0.15) is 10.4 Å². The predicted octanol–water partition coefficient (Wildman–Crippen LogP) is 3.98. The van der Waals surface area contributed by atoms with Crippen molar-refractivity contribution in [3.63, 3.8) is 0 Å². The van der Waals surface area contributed by atoms with E-state index in [2.05, 4.69) is 27.6 Å². The van der Waals surface area contributed by atoms with Gasteiger partial charge in [-0.15, -0.1) is 0 Å². The molecule has 10 nitrogen and oxygen atoms in total. The number of nitriles is 1. The van der Waals surface area contributed by atoms with Crippen LogP contribution < -0.4 is 9.64 Å². The van der Waals surface area contributed by atoms with E-state index in [1.54, 1.807) is 23.0 Å². The monoisotopic (exact) mass is 525 g/mol. The maximum atomic E-state index is 13.1. The molecular weight excluding hydrogens is 494 g/mol. The standard InChI is InChI=1S/C29H31N7O3/c1-5-21(15-31-20(3)38-4)28(37)35-19-29(35)9-11-34(12-10-29)26-8-7-22(16-32-26)25-13-24(39-6-2)18-36-27(25)23(14-30)17-33-36/h5,7-8,13,15-18H,3,6,9-12,19H2,1-2,4H3/b21-5+,31-15-. The number of aliphatic imine (C=N–C) groups is 1. The van der Waals surface area contributed by atoms with E-state index in [1.807, 2.05) is 43.1 Å². The van der Waals surface area contributed by atoms with Crippen LogP contribution in [-0.2, 0) is 9.53 Å². The Morgan fingerprint density at radius 3 is 2.74 bits per heavy atom. The Bertz CT molecular complexity index is 1510. The average molecular weight is 526 g/mol. The Hall–Kier alpha value is -4.65. The highest BCUT2D eigenvalue weighted by Crippen LogP contribution is 2.43. The average Bonchev–Trinajstić information content (AvgIpc) is 3.50. The highest BCUT2D eigenvalue weighted by atomic mass is 16.5. The number of rotatable bonds is 8.